The highest BCUT2D eigenvalue weighted by atomic mass is 31.2. The van der Waals surface area contributed by atoms with Gasteiger partial charge in [0.15, 0.2) is 5.43 Å². The fraction of sp³-hybridized carbons (Fsp3) is 0.121. The number of carbonyl (C=O) groups is 2. The van der Waals surface area contributed by atoms with Crippen LogP contribution in [0.5, 0.6) is 17.2 Å². The van der Waals surface area contributed by atoms with Gasteiger partial charge in [-0.15, -0.1) is 0 Å². The molecule has 0 fully saturated rings. The van der Waals surface area contributed by atoms with E-state index in [-0.39, 0.29) is 34.3 Å². The third-order valence-corrected chi connectivity index (χ3v) is 7.98. The number of fused-ring (bicyclic) bond motifs is 1. The van der Waals surface area contributed by atoms with Crippen molar-refractivity contribution in [2.24, 2.45) is 0 Å². The third-order valence-electron chi connectivity index (χ3n) is 6.45. The highest BCUT2D eigenvalue weighted by molar-refractivity contribution is 7.52. The van der Waals surface area contributed by atoms with Crippen molar-refractivity contribution < 1.29 is 37.1 Å². The second-order valence-electron chi connectivity index (χ2n) is 9.64. The monoisotopic (exact) mass is 613 g/mol. The summed E-state index contributed by atoms with van der Waals surface area (Å²) < 4.78 is 41.7. The van der Waals surface area contributed by atoms with Gasteiger partial charge in [-0.3, -0.25) is 14.4 Å². The van der Waals surface area contributed by atoms with Gasteiger partial charge in [-0.05, 0) is 53.9 Å². The lowest BCUT2D eigenvalue weighted by atomic mass is 10.1. The number of benzene rings is 4. The lowest BCUT2D eigenvalue weighted by Crippen LogP contribution is -2.39. The molecule has 1 unspecified atom stereocenters. The van der Waals surface area contributed by atoms with Crippen molar-refractivity contribution in [1.29, 1.82) is 0 Å². The molecule has 224 valence electrons. The number of methoxy groups -OCH3 is 1. The molecule has 1 N–H and O–H groups in total. The van der Waals surface area contributed by atoms with Crippen LogP contribution in [-0.4, -0.2) is 25.1 Å². The molecule has 0 amide bonds. The SMILES string of the molecule is COC(=O)[C@H](Cc1ccccc1)NP(=O)(Oc1ccccc1)Oc1ccc2c(=O)c(-c3ccc(OC(C)=O)cc3)coc2c1. The van der Waals surface area contributed by atoms with Crippen LogP contribution in [0.25, 0.3) is 22.1 Å². The van der Waals surface area contributed by atoms with Crippen LogP contribution in [0, 0.1) is 0 Å². The van der Waals surface area contributed by atoms with E-state index >= 15 is 0 Å². The van der Waals surface area contributed by atoms with Gasteiger partial charge in [-0.2, -0.15) is 5.09 Å². The summed E-state index contributed by atoms with van der Waals surface area (Å²) in [5.74, 6) is -0.459. The fourth-order valence-corrected chi connectivity index (χ4v) is 5.94. The molecule has 0 aliphatic heterocycles. The molecule has 1 aromatic heterocycles. The summed E-state index contributed by atoms with van der Waals surface area (Å²) in [7, 11) is -3.06. The maximum atomic E-state index is 14.2. The first-order valence-corrected chi connectivity index (χ1v) is 15.1. The molecule has 4 aromatic carbocycles. The topological polar surface area (TPSA) is 130 Å². The van der Waals surface area contributed by atoms with Crippen LogP contribution in [0.2, 0.25) is 0 Å². The zero-order chi connectivity index (χ0) is 31.1. The lowest BCUT2D eigenvalue weighted by Gasteiger charge is -2.24. The van der Waals surface area contributed by atoms with Gasteiger partial charge in [0.2, 0.25) is 0 Å². The first-order chi connectivity index (χ1) is 21.2. The Kier molecular flexibility index (Phi) is 9.23. The molecule has 10 nitrogen and oxygen atoms in total. The zero-order valence-corrected chi connectivity index (χ0v) is 24.7. The number of para-hydroxylation sites is 1. The normalized spacial score (nSPS) is 13.0. The summed E-state index contributed by atoms with van der Waals surface area (Å²) in [6.45, 7) is 1.30. The van der Waals surface area contributed by atoms with Crippen LogP contribution < -0.4 is 24.3 Å². The first kappa shape index (κ1) is 30.3. The van der Waals surface area contributed by atoms with E-state index in [1.807, 2.05) is 30.3 Å². The van der Waals surface area contributed by atoms with Crippen molar-refractivity contribution in [3.63, 3.8) is 0 Å². The molecule has 5 aromatic rings. The van der Waals surface area contributed by atoms with Crippen LogP contribution >= 0.6 is 7.75 Å². The first-order valence-electron chi connectivity index (χ1n) is 13.5. The second-order valence-corrected chi connectivity index (χ2v) is 11.3. The summed E-state index contributed by atoms with van der Waals surface area (Å²) in [6.07, 6.45) is 1.46. The number of ether oxygens (including phenoxy) is 2. The molecule has 0 aliphatic carbocycles. The molecule has 2 atom stereocenters. The van der Waals surface area contributed by atoms with Crippen LogP contribution in [-0.2, 0) is 25.3 Å². The predicted molar refractivity (Wildman–Crippen MR) is 164 cm³/mol. The van der Waals surface area contributed by atoms with E-state index in [0.717, 1.165) is 5.56 Å². The zero-order valence-electron chi connectivity index (χ0n) is 23.8. The third kappa shape index (κ3) is 7.42. The fourth-order valence-electron chi connectivity index (χ4n) is 4.43. The van der Waals surface area contributed by atoms with Gasteiger partial charge < -0.3 is 22.9 Å². The van der Waals surface area contributed by atoms with Gasteiger partial charge in [0.1, 0.15) is 35.1 Å². The molecule has 0 spiro atoms. The average molecular weight is 614 g/mol. The van der Waals surface area contributed by atoms with E-state index in [0.29, 0.717) is 16.9 Å². The molecule has 44 heavy (non-hydrogen) atoms. The average Bonchev–Trinajstić information content (AvgIpc) is 3.01. The Morgan fingerprint density at radius 1 is 0.841 bits per heavy atom. The van der Waals surface area contributed by atoms with Gasteiger partial charge >= 0.3 is 19.7 Å². The number of hydrogen-bond acceptors (Lipinski definition) is 9. The molecular formula is C33H28NO9P. The standard InChI is InChI=1S/C33H28NO9P/c1-22(35)41-25-15-13-24(14-16-25)29-21-40-31-20-27(17-18-28(31)32(29)36)43-44(38,42-26-11-7-4-8-12-26)34-30(33(37)39-2)19-23-9-5-3-6-10-23/h3-18,20-21,30H,19H2,1-2H3,(H,34,38)/t30-,44?/m0/s1. The van der Waals surface area contributed by atoms with E-state index in [4.69, 9.17) is 22.9 Å². The lowest BCUT2D eigenvalue weighted by molar-refractivity contribution is -0.142. The number of rotatable bonds is 11. The van der Waals surface area contributed by atoms with Gasteiger partial charge in [0, 0.05) is 13.0 Å². The van der Waals surface area contributed by atoms with Gasteiger partial charge in [0.05, 0.1) is 18.1 Å². The Morgan fingerprint density at radius 3 is 2.14 bits per heavy atom. The Morgan fingerprint density at radius 2 is 1.48 bits per heavy atom. The molecule has 5 rings (SSSR count). The van der Waals surface area contributed by atoms with Crippen LogP contribution in [0.3, 0.4) is 0 Å². The van der Waals surface area contributed by atoms with Crippen molar-refractivity contribution in [2.45, 2.75) is 19.4 Å². The minimum Gasteiger partial charge on any atom is -0.468 e. The van der Waals surface area contributed by atoms with E-state index in [1.54, 1.807) is 54.6 Å². The maximum absolute atomic E-state index is 14.2. The molecule has 0 radical (unpaired) electrons. The van der Waals surface area contributed by atoms with Crippen molar-refractivity contribution in [3.05, 3.63) is 125 Å². The molecule has 0 saturated heterocycles. The molecule has 0 aliphatic rings. The Hall–Kier alpha value is -5.18. The smallest absolute Gasteiger partial charge is 0.468 e. The van der Waals surface area contributed by atoms with Gasteiger partial charge in [-0.25, -0.2) is 4.57 Å². The number of nitrogens with one attached hydrogen (secondary N) is 1. The van der Waals surface area contributed by atoms with Crippen molar-refractivity contribution >= 4 is 30.7 Å². The van der Waals surface area contributed by atoms with E-state index in [9.17, 15) is 18.9 Å². The highest BCUT2D eigenvalue weighted by Crippen LogP contribution is 2.46. The number of carbonyl (C=O) groups excluding carboxylic acids is 2. The van der Waals surface area contributed by atoms with E-state index in [1.165, 1.54) is 38.5 Å². The largest absolute Gasteiger partial charge is 0.513 e. The maximum Gasteiger partial charge on any atom is 0.513 e. The van der Waals surface area contributed by atoms with E-state index in [2.05, 4.69) is 5.09 Å². The van der Waals surface area contributed by atoms with Crippen molar-refractivity contribution in [3.8, 4) is 28.4 Å². The molecule has 1 heterocycles. The van der Waals surface area contributed by atoms with Crippen LogP contribution in [0.4, 0.5) is 0 Å². The molecule has 0 bridgehead atoms. The Bertz CT molecular complexity index is 1870. The van der Waals surface area contributed by atoms with Gasteiger partial charge in [0.25, 0.3) is 0 Å². The van der Waals surface area contributed by atoms with Crippen LogP contribution in [0.1, 0.15) is 12.5 Å². The predicted octanol–water partition coefficient (Wildman–Crippen LogP) is 6.33. The van der Waals surface area contributed by atoms with Crippen molar-refractivity contribution in [1.82, 2.24) is 5.09 Å². The highest BCUT2D eigenvalue weighted by Gasteiger charge is 2.36. The second kappa shape index (κ2) is 13.4. The van der Waals surface area contributed by atoms with Crippen LogP contribution in [0.15, 0.2) is 119 Å². The summed E-state index contributed by atoms with van der Waals surface area (Å²) in [4.78, 5) is 37.3. The minimum atomic E-state index is -4.29. The summed E-state index contributed by atoms with van der Waals surface area (Å²) in [6, 6.07) is 27.2. The quantitative estimate of drug-likeness (QED) is 0.103. The summed E-state index contributed by atoms with van der Waals surface area (Å²) >= 11 is 0. The Labute approximate surface area is 252 Å². The minimum absolute atomic E-state index is 0.0641. The number of esters is 2. The van der Waals surface area contributed by atoms with Gasteiger partial charge in [-0.1, -0.05) is 60.7 Å². The molecule has 0 saturated carbocycles. The Balaban J connectivity index is 1.45. The summed E-state index contributed by atoms with van der Waals surface area (Å²) in [5.41, 5.74) is 1.52. The summed E-state index contributed by atoms with van der Waals surface area (Å²) in [5, 5.41) is 3.00. The van der Waals surface area contributed by atoms with Crippen molar-refractivity contribution in [2.75, 3.05) is 7.11 Å². The van der Waals surface area contributed by atoms with E-state index < -0.39 is 25.7 Å². The molecular weight excluding hydrogens is 585 g/mol. The number of hydrogen-bond donors (Lipinski definition) is 1. The molecule has 11 heteroatoms.